The number of rotatable bonds is 6. The molecule has 0 radical (unpaired) electrons. The molecule has 1 aromatic rings. The van der Waals surface area contributed by atoms with Gasteiger partial charge in [0.25, 0.3) is 5.91 Å². The predicted octanol–water partition coefficient (Wildman–Crippen LogP) is 2.97. The number of carbonyl (C=O) groups excluding carboxylic acids is 4. The highest BCUT2D eigenvalue weighted by atomic mass is 32.2. The SMILES string of the molecule is C[C@@H](C(=O)NC1CCS(=O)(=O)[C@H]2CC[C@H](C(=O)N=CCC3CCCc4ccccc43)N2C1=O)N(C)C(=O)OC(C)(C)C. The number of benzene rings is 1. The van der Waals surface area contributed by atoms with E-state index < -0.39 is 62.8 Å². The fourth-order valence-corrected chi connectivity index (χ4v) is 7.87. The molecule has 3 aliphatic rings. The highest BCUT2D eigenvalue weighted by Crippen LogP contribution is 2.35. The van der Waals surface area contributed by atoms with Gasteiger partial charge in [0.2, 0.25) is 11.8 Å². The summed E-state index contributed by atoms with van der Waals surface area (Å²) in [5.41, 5.74) is 1.82. The van der Waals surface area contributed by atoms with Crippen molar-refractivity contribution in [2.75, 3.05) is 12.8 Å². The van der Waals surface area contributed by atoms with Crippen LogP contribution >= 0.6 is 0 Å². The number of fused-ring (bicyclic) bond motifs is 2. The molecule has 5 atom stereocenters. The number of sulfone groups is 1. The number of nitrogens with one attached hydrogen (secondary N) is 1. The Bertz CT molecular complexity index is 1350. The normalized spacial score (nSPS) is 26.1. The summed E-state index contributed by atoms with van der Waals surface area (Å²) in [6.07, 6.45) is 4.73. The van der Waals surface area contributed by atoms with Gasteiger partial charge in [0, 0.05) is 13.3 Å². The number of nitrogens with zero attached hydrogens (tertiary/aromatic N) is 3. The molecule has 12 heteroatoms. The van der Waals surface area contributed by atoms with E-state index in [2.05, 4.69) is 22.4 Å². The number of amides is 4. The highest BCUT2D eigenvalue weighted by Gasteiger charge is 2.51. The van der Waals surface area contributed by atoms with Gasteiger partial charge in [-0.15, -0.1) is 0 Å². The fourth-order valence-electron chi connectivity index (χ4n) is 5.94. The Morgan fingerprint density at radius 1 is 1.17 bits per heavy atom. The molecule has 42 heavy (non-hydrogen) atoms. The van der Waals surface area contributed by atoms with Crippen molar-refractivity contribution in [2.24, 2.45) is 4.99 Å². The molecule has 1 aliphatic carbocycles. The molecular weight excluding hydrogens is 560 g/mol. The van der Waals surface area contributed by atoms with E-state index in [-0.39, 0.29) is 30.9 Å². The van der Waals surface area contributed by atoms with E-state index >= 15 is 0 Å². The quantitative estimate of drug-likeness (QED) is 0.493. The molecule has 11 nitrogen and oxygen atoms in total. The Kier molecular flexibility index (Phi) is 9.44. The smallest absolute Gasteiger partial charge is 0.410 e. The summed E-state index contributed by atoms with van der Waals surface area (Å²) in [6.45, 7) is 6.60. The van der Waals surface area contributed by atoms with Crippen LogP contribution in [0.4, 0.5) is 4.79 Å². The van der Waals surface area contributed by atoms with Crippen LogP contribution < -0.4 is 5.32 Å². The summed E-state index contributed by atoms with van der Waals surface area (Å²) >= 11 is 0. The van der Waals surface area contributed by atoms with E-state index in [0.717, 1.165) is 29.1 Å². The Hall–Kier alpha value is -3.28. The van der Waals surface area contributed by atoms with E-state index in [9.17, 15) is 27.6 Å². The molecule has 0 saturated carbocycles. The maximum absolute atomic E-state index is 13.7. The van der Waals surface area contributed by atoms with Crippen LogP contribution in [0.1, 0.15) is 83.3 Å². The molecule has 0 aromatic heterocycles. The van der Waals surface area contributed by atoms with Gasteiger partial charge in [-0.25, -0.2) is 18.2 Å². The van der Waals surface area contributed by atoms with Crippen molar-refractivity contribution >= 4 is 39.9 Å². The van der Waals surface area contributed by atoms with Crippen LogP contribution in [0.3, 0.4) is 0 Å². The molecule has 1 aromatic carbocycles. The van der Waals surface area contributed by atoms with Gasteiger partial charge in [-0.1, -0.05) is 24.3 Å². The van der Waals surface area contributed by atoms with E-state index in [1.807, 2.05) is 12.1 Å². The first-order chi connectivity index (χ1) is 19.7. The minimum Gasteiger partial charge on any atom is -0.444 e. The minimum atomic E-state index is -3.74. The minimum absolute atomic E-state index is 0.131. The predicted molar refractivity (Wildman–Crippen MR) is 158 cm³/mol. The third-order valence-corrected chi connectivity index (χ3v) is 10.4. The van der Waals surface area contributed by atoms with Crippen molar-refractivity contribution in [2.45, 2.75) is 108 Å². The second-order valence-electron chi connectivity index (χ2n) is 12.5. The van der Waals surface area contributed by atoms with Crippen LogP contribution in [0.5, 0.6) is 0 Å². The number of carbonyl (C=O) groups is 4. The van der Waals surface area contributed by atoms with Crippen LogP contribution in [0.2, 0.25) is 0 Å². The van der Waals surface area contributed by atoms with E-state index in [1.165, 1.54) is 25.1 Å². The average molecular weight is 603 g/mol. The molecule has 2 aliphatic heterocycles. The fraction of sp³-hybridized carbons (Fsp3) is 0.633. The first-order valence-electron chi connectivity index (χ1n) is 14.6. The van der Waals surface area contributed by atoms with Crippen LogP contribution in [0.25, 0.3) is 0 Å². The van der Waals surface area contributed by atoms with Crippen LogP contribution in [0.15, 0.2) is 29.3 Å². The molecular formula is C30H42N4O7S. The molecule has 2 heterocycles. The molecule has 230 valence electrons. The summed E-state index contributed by atoms with van der Waals surface area (Å²) in [7, 11) is -2.33. The summed E-state index contributed by atoms with van der Waals surface area (Å²) in [5.74, 6) is -1.88. The first kappa shape index (κ1) is 31.7. The third kappa shape index (κ3) is 7.02. The maximum Gasteiger partial charge on any atom is 0.410 e. The van der Waals surface area contributed by atoms with Gasteiger partial charge < -0.3 is 15.0 Å². The lowest BCUT2D eigenvalue weighted by Gasteiger charge is -2.31. The monoisotopic (exact) mass is 602 g/mol. The Morgan fingerprint density at radius 3 is 2.60 bits per heavy atom. The number of aryl methyl sites for hydroxylation is 1. The number of ether oxygens (including phenoxy) is 1. The number of hydrogen-bond acceptors (Lipinski definition) is 7. The van der Waals surface area contributed by atoms with Gasteiger partial charge in [-0.05, 0) is 89.7 Å². The van der Waals surface area contributed by atoms with Gasteiger partial charge in [-0.3, -0.25) is 19.3 Å². The number of aliphatic imine (C=N–C) groups is 1. The van der Waals surface area contributed by atoms with Gasteiger partial charge in [0.1, 0.15) is 29.1 Å². The topological polar surface area (TPSA) is 143 Å². The zero-order chi connectivity index (χ0) is 30.8. The van der Waals surface area contributed by atoms with Crippen molar-refractivity contribution in [3.8, 4) is 0 Å². The van der Waals surface area contributed by atoms with E-state index in [1.54, 1.807) is 27.0 Å². The molecule has 1 N–H and O–H groups in total. The Labute approximate surface area is 248 Å². The molecule has 2 unspecified atom stereocenters. The van der Waals surface area contributed by atoms with Gasteiger partial charge in [-0.2, -0.15) is 0 Å². The van der Waals surface area contributed by atoms with Crippen LogP contribution in [0, 0.1) is 0 Å². The Morgan fingerprint density at radius 2 is 1.88 bits per heavy atom. The Balaban J connectivity index is 1.45. The van der Waals surface area contributed by atoms with E-state index in [0.29, 0.717) is 6.42 Å². The lowest BCUT2D eigenvalue weighted by molar-refractivity contribution is -0.141. The first-order valence-corrected chi connectivity index (χ1v) is 16.3. The van der Waals surface area contributed by atoms with Crippen molar-refractivity contribution in [3.05, 3.63) is 35.4 Å². The third-order valence-electron chi connectivity index (χ3n) is 8.34. The lowest BCUT2D eigenvalue weighted by Crippen LogP contribution is -2.56. The van der Waals surface area contributed by atoms with Crippen molar-refractivity contribution in [1.82, 2.24) is 15.1 Å². The largest absolute Gasteiger partial charge is 0.444 e. The molecule has 4 rings (SSSR count). The van der Waals surface area contributed by atoms with Crippen LogP contribution in [-0.2, 0) is 35.4 Å². The maximum atomic E-state index is 13.7. The van der Waals surface area contributed by atoms with Gasteiger partial charge in [0.15, 0.2) is 9.84 Å². The number of likely N-dealkylation sites (N-methyl/N-ethyl adjacent to an activating group) is 1. The van der Waals surface area contributed by atoms with Crippen molar-refractivity contribution in [3.63, 3.8) is 0 Å². The molecule has 0 bridgehead atoms. The molecule has 2 fully saturated rings. The zero-order valence-corrected chi connectivity index (χ0v) is 25.9. The second kappa shape index (κ2) is 12.5. The average Bonchev–Trinajstić information content (AvgIpc) is 3.36. The summed E-state index contributed by atoms with van der Waals surface area (Å²) in [4.78, 5) is 58.8. The lowest BCUT2D eigenvalue weighted by atomic mass is 9.81. The number of hydrogen-bond donors (Lipinski definition) is 1. The summed E-state index contributed by atoms with van der Waals surface area (Å²) in [6, 6.07) is 5.09. The van der Waals surface area contributed by atoms with Gasteiger partial charge >= 0.3 is 6.09 Å². The standard InChI is InChI=1S/C30H42N4O7S/c1-19(33(5)29(38)41-30(2,3)4)26(35)32-23-16-18-42(39,40)25-14-13-24(34(25)28(23)37)27(36)31-17-15-21-11-8-10-20-9-6-7-12-22(20)21/h6-7,9,12,17,19,21,23-25H,8,10-11,13-16,18H2,1-5H3,(H,32,35)/t19-,21?,23?,24+,25-/m0/s1. The van der Waals surface area contributed by atoms with E-state index in [4.69, 9.17) is 4.74 Å². The summed E-state index contributed by atoms with van der Waals surface area (Å²) in [5, 5.41) is 1.48. The summed E-state index contributed by atoms with van der Waals surface area (Å²) < 4.78 is 31.5. The van der Waals surface area contributed by atoms with Crippen molar-refractivity contribution < 1.29 is 32.3 Å². The highest BCUT2D eigenvalue weighted by molar-refractivity contribution is 7.92. The van der Waals surface area contributed by atoms with Gasteiger partial charge in [0.05, 0.1) is 5.75 Å². The molecule has 4 amide bonds. The molecule has 0 spiro atoms. The second-order valence-corrected chi connectivity index (χ2v) is 14.7. The molecule has 2 saturated heterocycles. The zero-order valence-electron chi connectivity index (χ0n) is 25.0. The van der Waals surface area contributed by atoms with Crippen molar-refractivity contribution in [1.29, 1.82) is 0 Å². The van der Waals surface area contributed by atoms with Crippen LogP contribution in [-0.4, -0.2) is 90.1 Å².